The zero-order valence-electron chi connectivity index (χ0n) is 25.3. The minimum Gasteiger partial charge on any atom is -0.370 e. The maximum atomic E-state index is 15.6. The highest BCUT2D eigenvalue weighted by molar-refractivity contribution is 7.91. The van der Waals surface area contributed by atoms with E-state index in [0.717, 1.165) is 12.0 Å². The molecule has 0 aliphatic carbocycles. The van der Waals surface area contributed by atoms with E-state index in [1.165, 1.54) is 17.9 Å². The van der Waals surface area contributed by atoms with Crippen LogP contribution in [0.25, 0.3) is 28.3 Å². The van der Waals surface area contributed by atoms with Crippen LogP contribution >= 0.6 is 0 Å². The number of hydrogen-bond donors (Lipinski definition) is 0. The quantitative estimate of drug-likeness (QED) is 0.275. The summed E-state index contributed by atoms with van der Waals surface area (Å²) in [5.74, 6) is -0.700. The molecule has 0 radical (unpaired) electrons. The van der Waals surface area contributed by atoms with Gasteiger partial charge in [0.05, 0.1) is 35.4 Å². The number of benzene rings is 2. The highest BCUT2D eigenvalue weighted by atomic mass is 32.2. The van der Waals surface area contributed by atoms with E-state index >= 15 is 4.39 Å². The maximum absolute atomic E-state index is 15.6. The van der Waals surface area contributed by atoms with Crippen LogP contribution < -0.4 is 4.90 Å². The number of amides is 1. The molecule has 0 bridgehead atoms. The number of aromatic nitrogens is 6. The van der Waals surface area contributed by atoms with E-state index in [-0.39, 0.29) is 23.2 Å². The second-order valence-corrected chi connectivity index (χ2v) is 14.0. The van der Waals surface area contributed by atoms with Gasteiger partial charge in [0.25, 0.3) is 5.91 Å². The van der Waals surface area contributed by atoms with Gasteiger partial charge >= 0.3 is 0 Å². The third-order valence-corrected chi connectivity index (χ3v) is 10.5. The Kier molecular flexibility index (Phi) is 7.15. The lowest BCUT2D eigenvalue weighted by Gasteiger charge is -2.35. The van der Waals surface area contributed by atoms with E-state index in [4.69, 9.17) is 10.1 Å². The summed E-state index contributed by atoms with van der Waals surface area (Å²) in [4.78, 5) is 23.9. The van der Waals surface area contributed by atoms with Crippen molar-refractivity contribution in [3.8, 4) is 22.6 Å². The highest BCUT2D eigenvalue weighted by Gasteiger charge is 2.32. The monoisotopic (exact) mass is 628 g/mol. The summed E-state index contributed by atoms with van der Waals surface area (Å²) in [5, 5.41) is 13.1. The Hall–Kier alpha value is -4.65. The maximum Gasteiger partial charge on any atom is 0.273 e. The van der Waals surface area contributed by atoms with Crippen molar-refractivity contribution in [3.05, 3.63) is 83.4 Å². The van der Waals surface area contributed by atoms with Crippen molar-refractivity contribution >= 4 is 27.1 Å². The largest absolute Gasteiger partial charge is 0.370 e. The lowest BCUT2D eigenvalue weighted by atomic mass is 9.93. The van der Waals surface area contributed by atoms with Gasteiger partial charge in [-0.15, -0.1) is 0 Å². The molecule has 0 saturated carbocycles. The van der Waals surface area contributed by atoms with Gasteiger partial charge in [-0.2, -0.15) is 20.1 Å². The van der Waals surface area contributed by atoms with Crippen molar-refractivity contribution in [1.29, 1.82) is 0 Å². The predicted molar refractivity (Wildman–Crippen MR) is 168 cm³/mol. The van der Waals surface area contributed by atoms with Crippen molar-refractivity contribution in [2.24, 2.45) is 0 Å². The summed E-state index contributed by atoms with van der Waals surface area (Å²) in [5.41, 5.74) is 5.23. The molecule has 5 heterocycles. The van der Waals surface area contributed by atoms with Gasteiger partial charge in [0.15, 0.2) is 15.5 Å². The van der Waals surface area contributed by atoms with Gasteiger partial charge in [-0.3, -0.25) is 4.79 Å². The summed E-state index contributed by atoms with van der Waals surface area (Å²) in [7, 11) is -3.17. The molecule has 2 atom stereocenters. The fourth-order valence-corrected chi connectivity index (χ4v) is 7.37. The normalized spacial score (nSPS) is 18.5. The van der Waals surface area contributed by atoms with Gasteiger partial charge in [-0.25, -0.2) is 22.3 Å². The van der Waals surface area contributed by atoms with Crippen LogP contribution in [0.1, 0.15) is 47.9 Å². The first kappa shape index (κ1) is 29.1. The topological polar surface area (TPSA) is 119 Å². The average molecular weight is 629 g/mol. The van der Waals surface area contributed by atoms with Gasteiger partial charge in [0.2, 0.25) is 0 Å². The van der Waals surface area contributed by atoms with Gasteiger partial charge < -0.3 is 9.80 Å². The van der Waals surface area contributed by atoms with Gasteiger partial charge in [-0.05, 0) is 62.1 Å². The molecule has 13 heteroatoms. The molecule has 5 aromatic rings. The number of aryl methyl sites for hydroxylation is 1. The number of hydrogen-bond acceptors (Lipinski definition) is 8. The molecule has 7 rings (SSSR count). The lowest BCUT2D eigenvalue weighted by molar-refractivity contribution is 0.0672. The molecule has 0 N–H and O–H groups in total. The number of carbonyl (C=O) groups excluding carboxylic acids is 1. The summed E-state index contributed by atoms with van der Waals surface area (Å²) in [6.07, 6.45) is 4.12. The Balaban J connectivity index is 1.26. The molecule has 11 nitrogen and oxygen atoms in total. The van der Waals surface area contributed by atoms with Gasteiger partial charge in [0, 0.05) is 43.2 Å². The first-order chi connectivity index (χ1) is 21.6. The lowest BCUT2D eigenvalue weighted by Crippen LogP contribution is -2.39. The molecular formula is C32H33FN8O3S. The molecule has 0 spiro atoms. The van der Waals surface area contributed by atoms with Crippen LogP contribution in [0, 0.1) is 5.82 Å². The number of sulfone groups is 1. The van der Waals surface area contributed by atoms with E-state index in [2.05, 4.69) is 22.3 Å². The van der Waals surface area contributed by atoms with E-state index in [1.807, 2.05) is 35.8 Å². The molecular weight excluding hydrogens is 595 g/mol. The molecule has 232 valence electrons. The number of fused-ring (bicyclic) bond motifs is 2. The Labute approximate surface area is 260 Å². The zero-order chi connectivity index (χ0) is 31.5. The highest BCUT2D eigenvalue weighted by Crippen LogP contribution is 2.33. The molecule has 1 saturated heterocycles. The molecule has 2 aliphatic heterocycles. The van der Waals surface area contributed by atoms with Crippen molar-refractivity contribution in [2.75, 3.05) is 30.8 Å². The second kappa shape index (κ2) is 11.1. The van der Waals surface area contributed by atoms with Crippen molar-refractivity contribution in [1.82, 2.24) is 34.5 Å². The number of nitrogens with zero attached hydrogens (tertiary/aromatic N) is 8. The number of halogens is 1. The fourth-order valence-electron chi connectivity index (χ4n) is 6.38. The molecule has 45 heavy (non-hydrogen) atoms. The molecule has 2 aliphatic rings. The van der Waals surface area contributed by atoms with Crippen LogP contribution in [0.2, 0.25) is 0 Å². The Morgan fingerprint density at radius 2 is 1.87 bits per heavy atom. The Bertz CT molecular complexity index is 2060. The van der Waals surface area contributed by atoms with Crippen LogP contribution in [0.5, 0.6) is 0 Å². The van der Waals surface area contributed by atoms with E-state index in [1.54, 1.807) is 39.8 Å². The van der Waals surface area contributed by atoms with Crippen LogP contribution in [-0.2, 0) is 22.8 Å². The standard InChI is InChI=1S/C32H33FN8O3S/c1-4-40-34-18-29(36-40)30-16-28(32(42)39-14-11-21-7-5-6-8-24(21)20(39)2)35-31-17-27(37-41(30)31)25-10-9-22(15-26(25)33)38-13-12-23(19-38)45(3,43)44/h5-10,15-18,20,23H,4,11-14,19H2,1-3H3/t20-,23+/m1/s1. The summed E-state index contributed by atoms with van der Waals surface area (Å²) >= 11 is 0. The third kappa shape index (κ3) is 5.24. The van der Waals surface area contributed by atoms with E-state index in [9.17, 15) is 13.2 Å². The number of rotatable bonds is 6. The average Bonchev–Trinajstić information content (AvgIpc) is 3.80. The summed E-state index contributed by atoms with van der Waals surface area (Å²) in [6, 6.07) is 16.2. The first-order valence-corrected chi connectivity index (χ1v) is 17.0. The Morgan fingerprint density at radius 3 is 2.60 bits per heavy atom. The van der Waals surface area contributed by atoms with Gasteiger partial charge in [0.1, 0.15) is 17.2 Å². The molecule has 1 fully saturated rings. The summed E-state index contributed by atoms with van der Waals surface area (Å²) in [6.45, 7) is 5.95. The third-order valence-electron chi connectivity index (χ3n) is 8.93. The zero-order valence-corrected chi connectivity index (χ0v) is 26.1. The Morgan fingerprint density at radius 1 is 1.04 bits per heavy atom. The second-order valence-electron chi connectivity index (χ2n) is 11.7. The van der Waals surface area contributed by atoms with Crippen LogP contribution in [0.4, 0.5) is 10.1 Å². The van der Waals surface area contributed by atoms with Crippen molar-refractivity contribution < 1.29 is 17.6 Å². The van der Waals surface area contributed by atoms with Crippen LogP contribution in [-0.4, -0.2) is 80.0 Å². The number of anilines is 1. The predicted octanol–water partition coefficient (Wildman–Crippen LogP) is 4.20. The van der Waals surface area contributed by atoms with Crippen LogP contribution in [0.3, 0.4) is 0 Å². The van der Waals surface area contributed by atoms with Crippen LogP contribution in [0.15, 0.2) is 60.8 Å². The van der Waals surface area contributed by atoms with Crippen molar-refractivity contribution in [3.63, 3.8) is 0 Å². The van der Waals surface area contributed by atoms with Crippen molar-refractivity contribution in [2.45, 2.75) is 44.5 Å². The number of carbonyl (C=O) groups is 1. The first-order valence-electron chi connectivity index (χ1n) is 15.0. The minimum absolute atomic E-state index is 0.124. The van der Waals surface area contributed by atoms with E-state index in [0.29, 0.717) is 61.0 Å². The molecule has 3 aromatic heterocycles. The smallest absolute Gasteiger partial charge is 0.273 e. The minimum atomic E-state index is -3.17. The SMILES string of the molecule is CCn1ncc(-c2cc(C(=O)N3CCc4ccccc4[C@H]3C)nc3cc(-c4ccc(N5CC[C@H](S(C)(=O)=O)C5)cc4F)nn23)n1. The fraction of sp³-hybridized carbons (Fsp3) is 0.344. The molecule has 1 amide bonds. The summed E-state index contributed by atoms with van der Waals surface area (Å²) < 4.78 is 41.2. The molecule has 2 aromatic carbocycles. The van der Waals surface area contributed by atoms with Gasteiger partial charge in [-0.1, -0.05) is 24.3 Å². The van der Waals surface area contributed by atoms with E-state index < -0.39 is 20.9 Å². The molecule has 0 unspecified atom stereocenters.